The van der Waals surface area contributed by atoms with Gasteiger partial charge in [-0.2, -0.15) is 0 Å². The molecule has 6 aliphatic rings. The maximum Gasteiger partial charge on any atom is 0.0919 e. The molecule has 4 nitrogen and oxygen atoms in total. The third-order valence-corrected chi connectivity index (χ3v) is 9.67. The van der Waals surface area contributed by atoms with Crippen LogP contribution in [0.15, 0.2) is 18.7 Å². The molecule has 0 spiro atoms. The van der Waals surface area contributed by atoms with E-state index < -0.39 is 0 Å². The Labute approximate surface area is 182 Å². The normalized spacial score (nSPS) is 43.4. The topological polar surface area (TPSA) is 80.7 Å². The zero-order valence-corrected chi connectivity index (χ0v) is 19.6. The predicted molar refractivity (Wildman–Crippen MR) is 113 cm³/mol. The number of hydrogen-bond acceptors (Lipinski definition) is 3. The van der Waals surface area contributed by atoms with Gasteiger partial charge in [-0.3, -0.25) is 0 Å². The predicted octanol–water partition coefficient (Wildman–Crippen LogP) is 4.73. The van der Waals surface area contributed by atoms with Gasteiger partial charge in [0.1, 0.15) is 0 Å². The van der Waals surface area contributed by atoms with Crippen LogP contribution in [0.2, 0.25) is 0 Å². The number of nitrogens with zero attached hydrogens (tertiary/aromatic N) is 1. The number of aromatic nitrogens is 2. The van der Waals surface area contributed by atoms with E-state index in [1.807, 2.05) is 0 Å². The molecule has 0 aromatic carbocycles. The molecule has 7 rings (SSSR count). The Morgan fingerprint density at radius 2 is 1.25 bits per heavy atom. The molecule has 0 saturated heterocycles. The van der Waals surface area contributed by atoms with Crippen molar-refractivity contribution in [2.45, 2.75) is 91.1 Å². The van der Waals surface area contributed by atoms with E-state index in [4.69, 9.17) is 11.5 Å². The van der Waals surface area contributed by atoms with Gasteiger partial charge in [-0.15, -0.1) is 0 Å². The minimum absolute atomic E-state index is 0. The Morgan fingerprint density at radius 1 is 0.821 bits per heavy atom. The van der Waals surface area contributed by atoms with Crippen LogP contribution < -0.4 is 11.5 Å². The van der Waals surface area contributed by atoms with Crippen molar-refractivity contribution < 1.29 is 17.1 Å². The van der Waals surface area contributed by atoms with Crippen LogP contribution in [0.25, 0.3) is 0 Å². The number of H-pyrrole nitrogens is 1. The number of fused-ring (bicyclic) bond motifs is 4. The molecule has 6 aliphatic carbocycles. The van der Waals surface area contributed by atoms with Gasteiger partial charge in [0.15, 0.2) is 0 Å². The van der Waals surface area contributed by atoms with Gasteiger partial charge < -0.3 is 16.5 Å². The molecule has 165 valence electrons. The third kappa shape index (κ3) is 3.51. The van der Waals surface area contributed by atoms with Gasteiger partial charge in [-0.1, -0.05) is 41.5 Å². The van der Waals surface area contributed by atoms with Crippen LogP contribution in [0, 0.1) is 34.5 Å². The molecule has 1 heterocycles. The largest absolute Gasteiger partial charge is 0.351 e. The van der Waals surface area contributed by atoms with E-state index in [-0.39, 0.29) is 28.1 Å². The van der Waals surface area contributed by atoms with Crippen molar-refractivity contribution >= 4 is 0 Å². The van der Waals surface area contributed by atoms with Gasteiger partial charge in [0, 0.05) is 40.5 Å². The quantitative estimate of drug-likeness (QED) is 0.513. The summed E-state index contributed by atoms with van der Waals surface area (Å²) in [5.41, 5.74) is 13.9. The maximum atomic E-state index is 6.37. The Hall–Kier alpha value is -0.351. The first-order chi connectivity index (χ1) is 12.5. The van der Waals surface area contributed by atoms with Crippen molar-refractivity contribution in [3.05, 3.63) is 18.7 Å². The van der Waals surface area contributed by atoms with Crippen LogP contribution in [-0.4, -0.2) is 21.0 Å². The molecule has 4 bridgehead atoms. The van der Waals surface area contributed by atoms with Crippen molar-refractivity contribution in [2.24, 2.45) is 46.0 Å². The van der Waals surface area contributed by atoms with E-state index in [0.717, 1.165) is 23.7 Å². The summed E-state index contributed by atoms with van der Waals surface area (Å²) in [5, 5.41) is 0. The van der Waals surface area contributed by atoms with Gasteiger partial charge in [-0.05, 0) is 73.0 Å². The second kappa shape index (κ2) is 8.06. The van der Waals surface area contributed by atoms with Crippen LogP contribution in [-0.2, 0) is 17.1 Å². The summed E-state index contributed by atoms with van der Waals surface area (Å²) in [6.45, 7) is 14.0. The fraction of sp³-hybridized carbons (Fsp3) is 0.870. The molecule has 6 fully saturated rings. The summed E-state index contributed by atoms with van der Waals surface area (Å²) in [6, 6.07) is 0. The van der Waals surface area contributed by atoms with E-state index in [0.29, 0.717) is 10.8 Å². The van der Waals surface area contributed by atoms with E-state index in [1.165, 1.54) is 38.5 Å². The standard InChI is InChI=1S/2C10H19N.C3H4N2.Cu/c2*1-7-4-5-8-6-10(7,11)9(8,2)3;1-2-5-3-4-1;/h2*7-8H,4-6,11H2,1-3H3;1-3H,(H,4,5);. The molecule has 1 radical (unpaired) electrons. The van der Waals surface area contributed by atoms with Crippen molar-refractivity contribution in [3.63, 3.8) is 0 Å². The van der Waals surface area contributed by atoms with E-state index in [2.05, 4.69) is 51.5 Å². The van der Waals surface area contributed by atoms with Gasteiger partial charge in [0.25, 0.3) is 0 Å². The summed E-state index contributed by atoms with van der Waals surface area (Å²) in [4.78, 5) is 6.42. The first-order valence-electron chi connectivity index (χ1n) is 11.0. The second-order valence-electron chi connectivity index (χ2n) is 11.0. The molecule has 5 heteroatoms. The van der Waals surface area contributed by atoms with Crippen LogP contribution in [0.5, 0.6) is 0 Å². The first-order valence-corrected chi connectivity index (χ1v) is 11.0. The molecule has 1 aromatic heterocycles. The molecule has 1 aromatic rings. The van der Waals surface area contributed by atoms with Gasteiger partial charge >= 0.3 is 0 Å². The van der Waals surface area contributed by atoms with Crippen LogP contribution in [0.3, 0.4) is 0 Å². The SMILES string of the molecule is CC1CCC2CC1(N)C2(C)C.CC1CCC2CC1(N)C2(C)C.[Cu].c1c[nH]cn1. The number of hydrogen-bond donors (Lipinski definition) is 3. The minimum atomic E-state index is 0. The molecule has 6 unspecified atom stereocenters. The summed E-state index contributed by atoms with van der Waals surface area (Å²) in [7, 11) is 0. The van der Waals surface area contributed by atoms with Crippen LogP contribution >= 0.6 is 0 Å². The number of aromatic amines is 1. The number of nitrogens with one attached hydrogen (secondary N) is 1. The minimum Gasteiger partial charge on any atom is -0.351 e. The summed E-state index contributed by atoms with van der Waals surface area (Å²) >= 11 is 0. The molecular weight excluding hydrogens is 396 g/mol. The molecule has 6 atom stereocenters. The van der Waals surface area contributed by atoms with Gasteiger partial charge in [0.05, 0.1) is 6.33 Å². The van der Waals surface area contributed by atoms with E-state index >= 15 is 0 Å². The third-order valence-electron chi connectivity index (χ3n) is 9.67. The van der Waals surface area contributed by atoms with Crippen LogP contribution in [0.1, 0.15) is 80.1 Å². The monoisotopic (exact) mass is 437 g/mol. The van der Waals surface area contributed by atoms with Crippen molar-refractivity contribution in [3.8, 4) is 0 Å². The van der Waals surface area contributed by atoms with Crippen LogP contribution in [0.4, 0.5) is 0 Å². The summed E-state index contributed by atoms with van der Waals surface area (Å²) < 4.78 is 0. The fourth-order valence-electron chi connectivity index (χ4n) is 6.58. The van der Waals surface area contributed by atoms with Gasteiger partial charge in [0.2, 0.25) is 0 Å². The smallest absolute Gasteiger partial charge is 0.0919 e. The van der Waals surface area contributed by atoms with Crippen molar-refractivity contribution in [1.29, 1.82) is 0 Å². The van der Waals surface area contributed by atoms with Gasteiger partial charge in [-0.25, -0.2) is 4.98 Å². The number of nitrogens with two attached hydrogens (primary N) is 2. The Morgan fingerprint density at radius 3 is 1.43 bits per heavy atom. The average molecular weight is 438 g/mol. The molecule has 28 heavy (non-hydrogen) atoms. The zero-order valence-electron chi connectivity index (χ0n) is 18.7. The van der Waals surface area contributed by atoms with E-state index in [9.17, 15) is 0 Å². The molecule has 6 saturated carbocycles. The maximum absolute atomic E-state index is 6.37. The van der Waals surface area contributed by atoms with Crippen molar-refractivity contribution in [1.82, 2.24) is 9.97 Å². The Balaban J connectivity index is 0.000000157. The van der Waals surface area contributed by atoms with E-state index in [1.54, 1.807) is 18.7 Å². The molecular formula is C23H42CuN4. The summed E-state index contributed by atoms with van der Waals surface area (Å²) in [6.07, 6.45) is 13.2. The second-order valence-corrected chi connectivity index (χ2v) is 11.0. The first kappa shape index (κ1) is 23.9. The number of rotatable bonds is 0. The molecule has 5 N–H and O–H groups in total. The Kier molecular flexibility index (Phi) is 6.88. The summed E-state index contributed by atoms with van der Waals surface area (Å²) in [5.74, 6) is 3.32. The average Bonchev–Trinajstić information content (AvgIpc) is 3.19. The fourth-order valence-corrected chi connectivity index (χ4v) is 6.58. The molecule has 0 aliphatic heterocycles. The molecule has 0 amide bonds. The number of imidazole rings is 1. The Bertz CT molecular complexity index is 569. The van der Waals surface area contributed by atoms with Crippen molar-refractivity contribution in [2.75, 3.05) is 0 Å². The zero-order chi connectivity index (χ0) is 20.1.